The molecule has 3 rings (SSSR count). The van der Waals surface area contributed by atoms with E-state index in [0.717, 1.165) is 36.9 Å². The van der Waals surface area contributed by atoms with Crippen LogP contribution in [0.25, 0.3) is 0 Å². The molecule has 0 bridgehead atoms. The number of nitrogens with one attached hydrogen (secondary N) is 1. The van der Waals surface area contributed by atoms with Crippen LogP contribution in [0.2, 0.25) is 0 Å². The van der Waals surface area contributed by atoms with Gasteiger partial charge in [-0.05, 0) is 50.3 Å². The van der Waals surface area contributed by atoms with Crippen LogP contribution in [-0.2, 0) is 24.2 Å². The lowest BCUT2D eigenvalue weighted by Crippen LogP contribution is -2.39. The zero-order valence-electron chi connectivity index (χ0n) is 14.4. The Morgan fingerprint density at radius 3 is 2.84 bits per heavy atom. The molecule has 0 aliphatic heterocycles. The van der Waals surface area contributed by atoms with E-state index in [1.54, 1.807) is 25.1 Å². The second-order valence-electron chi connectivity index (χ2n) is 6.25. The maximum atomic E-state index is 12.1. The van der Waals surface area contributed by atoms with Crippen LogP contribution in [0.15, 0.2) is 41.2 Å². The highest BCUT2D eigenvalue weighted by molar-refractivity contribution is 5.80. The maximum Gasteiger partial charge on any atom is 0.267 e. The van der Waals surface area contributed by atoms with Crippen LogP contribution in [0.4, 0.5) is 0 Å². The Balaban J connectivity index is 1.52. The molecule has 0 unspecified atom stereocenters. The topological polar surface area (TPSA) is 73.2 Å². The van der Waals surface area contributed by atoms with Crippen molar-refractivity contribution in [1.29, 1.82) is 0 Å². The van der Waals surface area contributed by atoms with Crippen LogP contribution >= 0.6 is 0 Å². The SMILES string of the molecule is C[C@H](Oc1ccccc1)C(=O)NCCn1nc2c(cc1=O)CCCC2. The Morgan fingerprint density at radius 2 is 2.04 bits per heavy atom. The maximum absolute atomic E-state index is 12.1. The summed E-state index contributed by atoms with van der Waals surface area (Å²) >= 11 is 0. The Bertz CT molecular complexity index is 786. The molecule has 1 heterocycles. The van der Waals surface area contributed by atoms with E-state index in [2.05, 4.69) is 10.4 Å². The van der Waals surface area contributed by atoms with Crippen molar-refractivity contribution in [1.82, 2.24) is 15.1 Å². The van der Waals surface area contributed by atoms with E-state index in [-0.39, 0.29) is 11.5 Å². The van der Waals surface area contributed by atoms with Gasteiger partial charge in [0.25, 0.3) is 11.5 Å². The number of amides is 1. The largest absolute Gasteiger partial charge is 0.481 e. The monoisotopic (exact) mass is 341 g/mol. The van der Waals surface area contributed by atoms with E-state index < -0.39 is 6.10 Å². The predicted molar refractivity (Wildman–Crippen MR) is 94.7 cm³/mol. The smallest absolute Gasteiger partial charge is 0.267 e. The van der Waals surface area contributed by atoms with Crippen molar-refractivity contribution >= 4 is 5.91 Å². The Kier molecular flexibility index (Phi) is 5.48. The average molecular weight is 341 g/mol. The number of hydrogen-bond acceptors (Lipinski definition) is 4. The molecule has 0 spiro atoms. The Morgan fingerprint density at radius 1 is 1.28 bits per heavy atom. The molecule has 0 saturated heterocycles. The van der Waals surface area contributed by atoms with Gasteiger partial charge in [0.05, 0.1) is 12.2 Å². The van der Waals surface area contributed by atoms with Gasteiger partial charge < -0.3 is 10.1 Å². The summed E-state index contributed by atoms with van der Waals surface area (Å²) in [5.74, 6) is 0.438. The van der Waals surface area contributed by atoms with Crippen molar-refractivity contribution in [2.75, 3.05) is 6.54 Å². The van der Waals surface area contributed by atoms with Crippen molar-refractivity contribution in [2.45, 2.75) is 45.3 Å². The van der Waals surface area contributed by atoms with Gasteiger partial charge in [0, 0.05) is 12.6 Å². The van der Waals surface area contributed by atoms with E-state index in [1.165, 1.54) is 4.68 Å². The van der Waals surface area contributed by atoms with Crippen LogP contribution in [0, 0.1) is 0 Å². The summed E-state index contributed by atoms with van der Waals surface area (Å²) in [5.41, 5.74) is 1.97. The molecule has 132 valence electrons. The van der Waals surface area contributed by atoms with Gasteiger partial charge in [-0.1, -0.05) is 18.2 Å². The van der Waals surface area contributed by atoms with Gasteiger partial charge in [-0.2, -0.15) is 5.10 Å². The number of ether oxygens (including phenoxy) is 1. The highest BCUT2D eigenvalue weighted by Crippen LogP contribution is 2.16. The lowest BCUT2D eigenvalue weighted by atomic mass is 9.97. The lowest BCUT2D eigenvalue weighted by molar-refractivity contribution is -0.127. The summed E-state index contributed by atoms with van der Waals surface area (Å²) in [7, 11) is 0. The second kappa shape index (κ2) is 7.96. The predicted octanol–water partition coefficient (Wildman–Crippen LogP) is 1.71. The van der Waals surface area contributed by atoms with Crippen molar-refractivity contribution in [3.63, 3.8) is 0 Å². The summed E-state index contributed by atoms with van der Waals surface area (Å²) in [6.45, 7) is 2.40. The quantitative estimate of drug-likeness (QED) is 0.868. The number of hydrogen-bond donors (Lipinski definition) is 1. The lowest BCUT2D eigenvalue weighted by Gasteiger charge is -2.17. The molecule has 1 amide bonds. The van der Waals surface area contributed by atoms with E-state index in [9.17, 15) is 9.59 Å². The van der Waals surface area contributed by atoms with E-state index in [0.29, 0.717) is 18.8 Å². The third-order valence-electron chi connectivity index (χ3n) is 4.32. The molecule has 1 aromatic heterocycles. The summed E-state index contributed by atoms with van der Waals surface area (Å²) in [5, 5.41) is 7.24. The third-order valence-corrected chi connectivity index (χ3v) is 4.32. The molecule has 1 aliphatic carbocycles. The first-order chi connectivity index (χ1) is 12.1. The number of aromatic nitrogens is 2. The van der Waals surface area contributed by atoms with E-state index in [1.807, 2.05) is 18.2 Å². The summed E-state index contributed by atoms with van der Waals surface area (Å²) in [6, 6.07) is 10.9. The van der Waals surface area contributed by atoms with Crippen LogP contribution in [0.5, 0.6) is 5.75 Å². The van der Waals surface area contributed by atoms with Gasteiger partial charge in [0.2, 0.25) is 0 Å². The fraction of sp³-hybridized carbons (Fsp3) is 0.421. The van der Waals surface area contributed by atoms with E-state index in [4.69, 9.17) is 4.74 Å². The molecule has 6 nitrogen and oxygen atoms in total. The molecule has 1 aliphatic rings. The molecule has 25 heavy (non-hydrogen) atoms. The van der Waals surface area contributed by atoms with Crippen LogP contribution in [-0.4, -0.2) is 28.3 Å². The number of rotatable bonds is 6. The third kappa shape index (κ3) is 4.47. The van der Waals surface area contributed by atoms with Gasteiger partial charge in [0.1, 0.15) is 5.75 Å². The molecular weight excluding hydrogens is 318 g/mol. The highest BCUT2D eigenvalue weighted by Gasteiger charge is 2.15. The first kappa shape index (κ1) is 17.2. The molecular formula is C19H23N3O3. The fourth-order valence-corrected chi connectivity index (χ4v) is 2.95. The number of carbonyl (C=O) groups excluding carboxylic acids is 1. The van der Waals surface area contributed by atoms with Crippen LogP contribution in [0.3, 0.4) is 0 Å². The van der Waals surface area contributed by atoms with Gasteiger partial charge in [-0.3, -0.25) is 9.59 Å². The van der Waals surface area contributed by atoms with Crippen LogP contribution in [0.1, 0.15) is 31.0 Å². The number of benzene rings is 1. The molecule has 0 radical (unpaired) electrons. The first-order valence-electron chi connectivity index (χ1n) is 8.73. The minimum Gasteiger partial charge on any atom is -0.481 e. The number of nitrogens with zero attached hydrogens (tertiary/aromatic N) is 2. The first-order valence-corrected chi connectivity index (χ1v) is 8.73. The van der Waals surface area contributed by atoms with Gasteiger partial charge in [-0.25, -0.2) is 4.68 Å². The number of aryl methyl sites for hydroxylation is 2. The van der Waals surface area contributed by atoms with Crippen molar-refractivity contribution in [3.05, 3.63) is 58.0 Å². The van der Waals surface area contributed by atoms with Gasteiger partial charge >= 0.3 is 0 Å². The molecule has 1 aromatic carbocycles. The molecule has 6 heteroatoms. The molecule has 1 N–H and O–H groups in total. The summed E-state index contributed by atoms with van der Waals surface area (Å²) in [4.78, 5) is 24.2. The highest BCUT2D eigenvalue weighted by atomic mass is 16.5. The molecule has 1 atom stereocenters. The van der Waals surface area contributed by atoms with Crippen LogP contribution < -0.4 is 15.6 Å². The number of carbonyl (C=O) groups is 1. The summed E-state index contributed by atoms with van der Waals surface area (Å²) in [6.07, 6.45) is 3.49. The molecule has 0 saturated carbocycles. The number of para-hydroxylation sites is 1. The van der Waals surface area contributed by atoms with Gasteiger partial charge in [0.15, 0.2) is 6.10 Å². The second-order valence-corrected chi connectivity index (χ2v) is 6.25. The van der Waals surface area contributed by atoms with Crippen molar-refractivity contribution in [2.24, 2.45) is 0 Å². The summed E-state index contributed by atoms with van der Waals surface area (Å²) < 4.78 is 7.02. The Labute approximate surface area is 146 Å². The minimum absolute atomic E-state index is 0.108. The fourth-order valence-electron chi connectivity index (χ4n) is 2.95. The van der Waals surface area contributed by atoms with Crippen molar-refractivity contribution in [3.8, 4) is 5.75 Å². The van der Waals surface area contributed by atoms with E-state index >= 15 is 0 Å². The number of fused-ring (bicyclic) bond motifs is 1. The molecule has 0 fully saturated rings. The molecule has 2 aromatic rings. The van der Waals surface area contributed by atoms with Crippen molar-refractivity contribution < 1.29 is 9.53 Å². The Hall–Kier alpha value is -2.63. The minimum atomic E-state index is -0.601. The average Bonchev–Trinajstić information content (AvgIpc) is 2.62. The normalized spacial score (nSPS) is 14.4. The zero-order chi connectivity index (χ0) is 17.6. The zero-order valence-corrected chi connectivity index (χ0v) is 14.4. The van der Waals surface area contributed by atoms with Gasteiger partial charge in [-0.15, -0.1) is 0 Å². The standard InChI is InChI=1S/C19H23N3O3/c1-14(25-16-8-3-2-4-9-16)19(24)20-11-12-22-18(23)13-15-7-5-6-10-17(15)21-22/h2-4,8-9,13-14H,5-7,10-12H2,1H3,(H,20,24)/t14-/m0/s1.